The van der Waals surface area contributed by atoms with Crippen LogP contribution in [0.15, 0.2) is 103 Å². The number of nitrogens with zero attached hydrogens (tertiary/aromatic N) is 1. The van der Waals surface area contributed by atoms with Gasteiger partial charge in [0.15, 0.2) is 0 Å². The van der Waals surface area contributed by atoms with Crippen LogP contribution in [0.2, 0.25) is 0 Å². The van der Waals surface area contributed by atoms with Gasteiger partial charge in [-0.15, -0.1) is 0 Å². The maximum Gasteiger partial charge on any atom is 0.281 e. The molecule has 66 heavy (non-hydrogen) atoms. The van der Waals surface area contributed by atoms with E-state index in [-0.39, 0.29) is 29.7 Å². The highest BCUT2D eigenvalue weighted by Crippen LogP contribution is 2.26. The Balaban J connectivity index is 0.000000165. The van der Waals surface area contributed by atoms with E-state index in [1.807, 2.05) is 108 Å². The molecule has 8 rings (SSSR count). The number of hydrogen-bond donors (Lipinski definition) is 3. The first-order valence-corrected chi connectivity index (χ1v) is 22.8. The monoisotopic (exact) mass is 902 g/mol. The zero-order valence-corrected chi connectivity index (χ0v) is 39.9. The lowest BCUT2D eigenvalue weighted by Crippen LogP contribution is -2.40. The molecule has 4 heterocycles. The number of hydroxylamine groups is 2. The maximum atomic E-state index is 12.5. The summed E-state index contributed by atoms with van der Waals surface area (Å²) in [5, 5.41) is 10.3. The Labute approximate surface area is 388 Å². The SMILES string of the molecule is CON(C(=O)c1cc(C)oc1C)C1CCCCC1.Cc1cc(C(=O)NC2CCCCC2)c(C)o1.Cc1oc(C)c(C(=O)Nc2ccccc2)c1C.Cc1occc1C(=O)Nc1ccccc1. The van der Waals surface area contributed by atoms with Crippen molar-refractivity contribution in [3.63, 3.8) is 0 Å². The standard InChI is InChI=1S/C14H21NO3.C14H15NO2.C13H19NO2.C12H11NO2/c1-10-9-13(11(2)18-10)14(16)15(17-3)12-7-5-4-6-8-12;1-9-10(2)17-11(3)13(9)14(16)15-12-7-5-4-6-8-12;1-9-8-12(10(2)16-9)13(15)14-11-6-4-3-5-7-11;1-9-11(7-8-15-9)12(14)13-10-5-3-2-4-6-10/h9,12H,4-8H2,1-3H3;4-8H,1-3H3,(H,15,16);8,11H,3-7H2,1-2H3,(H,14,15);2-8H,1H3,(H,13,14). The Kier molecular flexibility index (Phi) is 18.8. The number of aryl methyl sites for hydroxylation is 7. The fourth-order valence-electron chi connectivity index (χ4n) is 8.22. The molecule has 13 nitrogen and oxygen atoms in total. The maximum absolute atomic E-state index is 12.5. The van der Waals surface area contributed by atoms with Crippen LogP contribution in [0.1, 0.15) is 152 Å². The minimum absolute atomic E-state index is 0.0150. The molecule has 0 radical (unpaired) electrons. The average Bonchev–Trinajstić information content (AvgIpc) is 4.06. The second kappa shape index (κ2) is 24.6. The number of para-hydroxylation sites is 2. The van der Waals surface area contributed by atoms with Crippen LogP contribution in [0.5, 0.6) is 0 Å². The highest BCUT2D eigenvalue weighted by Gasteiger charge is 2.29. The van der Waals surface area contributed by atoms with Crippen molar-refractivity contribution in [1.29, 1.82) is 0 Å². The summed E-state index contributed by atoms with van der Waals surface area (Å²) >= 11 is 0. The van der Waals surface area contributed by atoms with Crippen molar-refractivity contribution in [3.8, 4) is 0 Å². The third kappa shape index (κ3) is 14.2. The largest absolute Gasteiger partial charge is 0.469 e. The zero-order valence-electron chi connectivity index (χ0n) is 39.9. The van der Waals surface area contributed by atoms with Gasteiger partial charge < -0.3 is 33.6 Å². The summed E-state index contributed by atoms with van der Waals surface area (Å²) < 4.78 is 21.3. The lowest BCUT2D eigenvalue weighted by Gasteiger charge is -2.31. The van der Waals surface area contributed by atoms with Crippen molar-refractivity contribution in [3.05, 3.63) is 153 Å². The summed E-state index contributed by atoms with van der Waals surface area (Å²) in [5.41, 5.74) is 4.96. The van der Waals surface area contributed by atoms with Crippen molar-refractivity contribution in [2.45, 2.75) is 132 Å². The highest BCUT2D eigenvalue weighted by molar-refractivity contribution is 6.06. The predicted octanol–water partition coefficient (Wildman–Crippen LogP) is 12.5. The smallest absolute Gasteiger partial charge is 0.281 e. The molecule has 0 spiro atoms. The molecule has 0 unspecified atom stereocenters. The summed E-state index contributed by atoms with van der Waals surface area (Å²) in [6, 6.07) is 24.5. The first kappa shape index (κ1) is 50.4. The number of rotatable bonds is 9. The molecule has 3 N–H and O–H groups in total. The van der Waals surface area contributed by atoms with Crippen LogP contribution in [0.3, 0.4) is 0 Å². The van der Waals surface area contributed by atoms with Gasteiger partial charge in [0.1, 0.15) is 40.3 Å². The Morgan fingerprint density at radius 2 is 1.06 bits per heavy atom. The molecule has 2 saturated carbocycles. The number of carbonyl (C=O) groups is 4. The molecule has 2 fully saturated rings. The molecule has 0 saturated heterocycles. The molecule has 2 aliphatic rings. The van der Waals surface area contributed by atoms with Crippen LogP contribution >= 0.6 is 0 Å². The van der Waals surface area contributed by atoms with Gasteiger partial charge >= 0.3 is 0 Å². The number of benzene rings is 2. The molecule has 0 atom stereocenters. The molecule has 4 aromatic heterocycles. The fraction of sp³-hybridized carbons (Fsp3) is 0.396. The lowest BCUT2D eigenvalue weighted by molar-refractivity contribution is -0.129. The van der Waals surface area contributed by atoms with Crippen molar-refractivity contribution < 1.29 is 41.7 Å². The zero-order chi connectivity index (χ0) is 47.8. The van der Waals surface area contributed by atoms with Crippen molar-refractivity contribution >= 4 is 35.0 Å². The number of furan rings is 4. The molecule has 0 bridgehead atoms. The highest BCUT2D eigenvalue weighted by atomic mass is 16.7. The van der Waals surface area contributed by atoms with E-state index in [9.17, 15) is 19.2 Å². The molecule has 2 aliphatic carbocycles. The number of anilines is 2. The van der Waals surface area contributed by atoms with Gasteiger partial charge in [0.05, 0.1) is 41.7 Å². The second-order valence-corrected chi connectivity index (χ2v) is 16.8. The summed E-state index contributed by atoms with van der Waals surface area (Å²) in [7, 11) is 1.56. The summed E-state index contributed by atoms with van der Waals surface area (Å²) in [6.45, 7) is 14.7. The van der Waals surface area contributed by atoms with E-state index in [0.717, 1.165) is 59.9 Å². The predicted molar refractivity (Wildman–Crippen MR) is 256 cm³/mol. The van der Waals surface area contributed by atoms with E-state index in [0.29, 0.717) is 51.3 Å². The van der Waals surface area contributed by atoms with Crippen molar-refractivity contribution in [2.75, 3.05) is 17.7 Å². The molecule has 0 aliphatic heterocycles. The number of amides is 4. The van der Waals surface area contributed by atoms with Crippen molar-refractivity contribution in [2.24, 2.45) is 0 Å². The Morgan fingerprint density at radius 3 is 1.52 bits per heavy atom. The molecular weight excluding hydrogens is 837 g/mol. The van der Waals surface area contributed by atoms with E-state index >= 15 is 0 Å². The van der Waals surface area contributed by atoms with Crippen LogP contribution in [0.25, 0.3) is 0 Å². The van der Waals surface area contributed by atoms with Gasteiger partial charge in [-0.2, -0.15) is 0 Å². The fourth-order valence-corrected chi connectivity index (χ4v) is 8.22. The van der Waals surface area contributed by atoms with Crippen LogP contribution < -0.4 is 16.0 Å². The van der Waals surface area contributed by atoms with E-state index in [4.69, 9.17) is 22.5 Å². The van der Waals surface area contributed by atoms with E-state index in [1.54, 1.807) is 33.1 Å². The molecule has 4 amide bonds. The normalized spacial score (nSPS) is 13.7. The van der Waals surface area contributed by atoms with Gasteiger partial charge in [-0.25, -0.2) is 5.06 Å². The van der Waals surface area contributed by atoms with Gasteiger partial charge in [0, 0.05) is 23.0 Å². The van der Waals surface area contributed by atoms with Gasteiger partial charge in [0.25, 0.3) is 23.6 Å². The molecule has 13 heteroatoms. The minimum atomic E-state index is -0.146. The summed E-state index contributed by atoms with van der Waals surface area (Å²) in [4.78, 5) is 53.6. The van der Waals surface area contributed by atoms with Gasteiger partial charge in [-0.1, -0.05) is 74.9 Å². The van der Waals surface area contributed by atoms with Gasteiger partial charge in [0.2, 0.25) is 0 Å². The van der Waals surface area contributed by atoms with Crippen LogP contribution in [0, 0.1) is 55.4 Å². The lowest BCUT2D eigenvalue weighted by atomic mass is 9.95. The first-order chi connectivity index (χ1) is 31.7. The molecular formula is C53H66N4O9. The van der Waals surface area contributed by atoms with Crippen molar-refractivity contribution in [1.82, 2.24) is 10.4 Å². The number of hydrogen-bond acceptors (Lipinski definition) is 9. The summed E-state index contributed by atoms with van der Waals surface area (Å²) in [5.74, 6) is 4.68. The molecule has 2 aromatic carbocycles. The average molecular weight is 903 g/mol. The molecule has 6 aromatic rings. The summed E-state index contributed by atoms with van der Waals surface area (Å²) in [6.07, 6.45) is 13.1. The van der Waals surface area contributed by atoms with Gasteiger partial charge in [-0.3, -0.25) is 24.0 Å². The Bertz CT molecular complexity index is 2480. The third-order valence-electron chi connectivity index (χ3n) is 11.8. The van der Waals surface area contributed by atoms with E-state index < -0.39 is 0 Å². The minimum Gasteiger partial charge on any atom is -0.469 e. The van der Waals surface area contributed by atoms with E-state index in [1.165, 1.54) is 49.9 Å². The van der Waals surface area contributed by atoms with Gasteiger partial charge in [-0.05, 0) is 124 Å². The quantitative estimate of drug-likeness (QED) is 0.120. The number of carbonyl (C=O) groups excluding carboxylic acids is 4. The number of nitrogens with one attached hydrogen (secondary N) is 3. The van der Waals surface area contributed by atoms with Crippen LogP contribution in [0.4, 0.5) is 11.4 Å². The Morgan fingerprint density at radius 1 is 0.545 bits per heavy atom. The molecule has 352 valence electrons. The first-order valence-electron chi connectivity index (χ1n) is 22.8. The second-order valence-electron chi connectivity index (χ2n) is 16.8. The van der Waals surface area contributed by atoms with Crippen LogP contribution in [-0.4, -0.2) is 47.9 Å². The third-order valence-corrected chi connectivity index (χ3v) is 11.8. The Hall–Kier alpha value is -6.60. The van der Waals surface area contributed by atoms with E-state index in [2.05, 4.69) is 16.0 Å². The topological polar surface area (TPSA) is 169 Å². The van der Waals surface area contributed by atoms with Crippen LogP contribution in [-0.2, 0) is 4.84 Å².